The molecule has 0 aromatic heterocycles. The second-order valence-corrected chi connectivity index (χ2v) is 10.5. The maximum atomic E-state index is 13.8. The molecule has 8 nitrogen and oxygen atoms in total. The Hall–Kier alpha value is -3.56. The summed E-state index contributed by atoms with van der Waals surface area (Å²) >= 11 is 6.00. The van der Waals surface area contributed by atoms with Gasteiger partial charge in [-0.1, -0.05) is 54.1 Å². The van der Waals surface area contributed by atoms with Crippen LogP contribution in [0.3, 0.4) is 0 Å². The van der Waals surface area contributed by atoms with E-state index in [0.29, 0.717) is 17.4 Å². The number of ether oxygens (including phenoxy) is 1. The molecule has 0 radical (unpaired) electrons. The van der Waals surface area contributed by atoms with Gasteiger partial charge in [0, 0.05) is 18.6 Å². The fraction of sp³-hybridized carbons (Fsp3) is 0.259. The molecule has 0 aliphatic rings. The predicted molar refractivity (Wildman–Crippen MR) is 144 cm³/mol. The lowest BCUT2D eigenvalue weighted by molar-refractivity contribution is -0.139. The number of para-hydroxylation sites is 2. The Bertz CT molecular complexity index is 1320. The van der Waals surface area contributed by atoms with Crippen molar-refractivity contribution in [2.24, 2.45) is 0 Å². The average molecular weight is 544 g/mol. The van der Waals surface area contributed by atoms with Crippen LogP contribution in [0.1, 0.15) is 19.4 Å². The van der Waals surface area contributed by atoms with E-state index < -0.39 is 28.5 Å². The minimum atomic E-state index is -4.17. The highest BCUT2D eigenvalue weighted by atomic mass is 35.5. The third-order valence-electron chi connectivity index (χ3n) is 5.72. The first kappa shape index (κ1) is 28.0. The summed E-state index contributed by atoms with van der Waals surface area (Å²) in [6.07, 6.45) is 0. The molecule has 0 bridgehead atoms. The molecule has 0 aliphatic carbocycles. The van der Waals surface area contributed by atoms with Gasteiger partial charge >= 0.3 is 0 Å². The van der Waals surface area contributed by atoms with Gasteiger partial charge in [-0.25, -0.2) is 8.42 Å². The molecule has 3 aromatic carbocycles. The highest BCUT2D eigenvalue weighted by molar-refractivity contribution is 7.92. The second-order valence-electron chi connectivity index (χ2n) is 8.16. The van der Waals surface area contributed by atoms with Gasteiger partial charge in [0.05, 0.1) is 17.2 Å². The molecule has 1 atom stereocenters. The van der Waals surface area contributed by atoms with Gasteiger partial charge in [-0.3, -0.25) is 13.9 Å². The number of carbonyl (C=O) groups excluding carboxylic acids is 2. The summed E-state index contributed by atoms with van der Waals surface area (Å²) in [5.74, 6) is -0.618. The van der Waals surface area contributed by atoms with Gasteiger partial charge in [-0.2, -0.15) is 0 Å². The maximum absolute atomic E-state index is 13.8. The van der Waals surface area contributed by atoms with Gasteiger partial charge in [0.2, 0.25) is 11.8 Å². The van der Waals surface area contributed by atoms with Crippen LogP contribution in [-0.4, -0.2) is 51.4 Å². The van der Waals surface area contributed by atoms with Crippen molar-refractivity contribution in [2.75, 3.05) is 24.5 Å². The number of nitrogens with zero attached hydrogens (tertiary/aromatic N) is 2. The molecule has 0 heterocycles. The smallest absolute Gasteiger partial charge is 0.264 e. The van der Waals surface area contributed by atoms with E-state index in [9.17, 15) is 18.0 Å². The summed E-state index contributed by atoms with van der Waals surface area (Å²) in [6, 6.07) is 20.5. The van der Waals surface area contributed by atoms with Crippen molar-refractivity contribution in [3.8, 4) is 5.75 Å². The lowest BCUT2D eigenvalue weighted by Gasteiger charge is -2.32. The van der Waals surface area contributed by atoms with E-state index in [0.717, 1.165) is 9.87 Å². The molecule has 3 aromatic rings. The Morgan fingerprint density at radius 2 is 1.59 bits per heavy atom. The number of rotatable bonds is 11. The molecule has 0 saturated carbocycles. The van der Waals surface area contributed by atoms with E-state index in [1.165, 1.54) is 24.1 Å². The normalized spacial score (nSPS) is 11.9. The number of anilines is 1. The first-order valence-corrected chi connectivity index (χ1v) is 13.6. The van der Waals surface area contributed by atoms with Gasteiger partial charge in [0.25, 0.3) is 10.0 Å². The third-order valence-corrected chi connectivity index (χ3v) is 7.75. The summed E-state index contributed by atoms with van der Waals surface area (Å²) in [5.41, 5.74) is 0.960. The fourth-order valence-corrected chi connectivity index (χ4v) is 5.32. The number of hydrogen-bond acceptors (Lipinski definition) is 5. The number of carbonyl (C=O) groups is 2. The van der Waals surface area contributed by atoms with Crippen LogP contribution in [0, 0.1) is 0 Å². The van der Waals surface area contributed by atoms with Gasteiger partial charge in [0.15, 0.2) is 0 Å². The predicted octanol–water partition coefficient (Wildman–Crippen LogP) is 4.10. The molecular formula is C27H30ClN3O5S. The number of likely N-dealkylation sites (N-methyl/N-ethyl adjacent to an activating group) is 1. The summed E-state index contributed by atoms with van der Waals surface area (Å²) in [7, 11) is -2.69. The lowest BCUT2D eigenvalue weighted by Crippen LogP contribution is -2.50. The van der Waals surface area contributed by atoms with Gasteiger partial charge < -0.3 is 15.0 Å². The quantitative estimate of drug-likeness (QED) is 0.393. The van der Waals surface area contributed by atoms with E-state index in [2.05, 4.69) is 5.32 Å². The van der Waals surface area contributed by atoms with Gasteiger partial charge in [0.1, 0.15) is 18.3 Å². The van der Waals surface area contributed by atoms with Crippen LogP contribution < -0.4 is 14.4 Å². The van der Waals surface area contributed by atoms with E-state index in [1.54, 1.807) is 80.6 Å². The fourth-order valence-electron chi connectivity index (χ4n) is 3.75. The lowest BCUT2D eigenvalue weighted by atomic mass is 10.1. The highest BCUT2D eigenvalue weighted by Crippen LogP contribution is 2.32. The van der Waals surface area contributed by atoms with Gasteiger partial charge in [-0.15, -0.1) is 0 Å². The summed E-state index contributed by atoms with van der Waals surface area (Å²) in [4.78, 5) is 27.7. The standard InChI is InChI=1S/C27H30ClN3O5S/c1-4-36-25-13-9-8-12-24(25)31(37(34,35)23-10-6-5-7-11-23)19-26(32)30(20(2)27(33)29-3)18-21-14-16-22(28)17-15-21/h5-17,20H,4,18-19H2,1-3H3,(H,29,33). The molecule has 1 unspecified atom stereocenters. The number of nitrogens with one attached hydrogen (secondary N) is 1. The zero-order valence-electron chi connectivity index (χ0n) is 20.9. The monoisotopic (exact) mass is 543 g/mol. The summed E-state index contributed by atoms with van der Waals surface area (Å²) in [6.45, 7) is 3.22. The third kappa shape index (κ3) is 6.81. The molecule has 196 valence electrons. The van der Waals surface area contributed by atoms with Crippen molar-refractivity contribution in [1.29, 1.82) is 0 Å². The number of benzene rings is 3. The summed E-state index contributed by atoms with van der Waals surface area (Å²) < 4.78 is 34.3. The molecule has 1 N–H and O–H groups in total. The van der Waals surface area contributed by atoms with Crippen LogP contribution >= 0.6 is 11.6 Å². The minimum absolute atomic E-state index is 0.0257. The Labute approximate surface area is 222 Å². The van der Waals surface area contributed by atoms with Crippen LogP contribution in [0.4, 0.5) is 5.69 Å². The van der Waals surface area contributed by atoms with Crippen LogP contribution in [0.2, 0.25) is 5.02 Å². The molecule has 0 saturated heterocycles. The molecule has 2 amide bonds. The maximum Gasteiger partial charge on any atom is 0.264 e. The van der Waals surface area contributed by atoms with Crippen molar-refractivity contribution in [2.45, 2.75) is 31.3 Å². The molecule has 3 rings (SSSR count). The molecular weight excluding hydrogens is 514 g/mol. The molecule has 10 heteroatoms. The SMILES string of the molecule is CCOc1ccccc1N(CC(=O)N(Cc1ccc(Cl)cc1)C(C)C(=O)NC)S(=O)(=O)c1ccccc1. The Morgan fingerprint density at radius 3 is 2.22 bits per heavy atom. The largest absolute Gasteiger partial charge is 0.492 e. The minimum Gasteiger partial charge on any atom is -0.492 e. The van der Waals surface area contributed by atoms with Crippen molar-refractivity contribution >= 4 is 39.1 Å². The highest BCUT2D eigenvalue weighted by Gasteiger charge is 2.33. The van der Waals surface area contributed by atoms with Crippen molar-refractivity contribution in [1.82, 2.24) is 10.2 Å². The summed E-state index contributed by atoms with van der Waals surface area (Å²) in [5, 5.41) is 3.09. The van der Waals surface area contributed by atoms with Gasteiger partial charge in [-0.05, 0) is 55.8 Å². The Balaban J connectivity index is 2.06. The van der Waals surface area contributed by atoms with Crippen LogP contribution in [0.15, 0.2) is 83.8 Å². The van der Waals surface area contributed by atoms with E-state index in [4.69, 9.17) is 16.3 Å². The van der Waals surface area contributed by atoms with Crippen LogP contribution in [-0.2, 0) is 26.2 Å². The number of amides is 2. The van der Waals surface area contributed by atoms with E-state index in [-0.39, 0.29) is 23.0 Å². The number of halogens is 1. The first-order valence-electron chi connectivity index (χ1n) is 11.7. The Morgan fingerprint density at radius 1 is 0.973 bits per heavy atom. The number of sulfonamides is 1. The van der Waals surface area contributed by atoms with Crippen molar-refractivity contribution in [3.63, 3.8) is 0 Å². The molecule has 0 spiro atoms. The zero-order chi connectivity index (χ0) is 27.0. The molecule has 0 fully saturated rings. The van der Waals surface area contributed by atoms with E-state index >= 15 is 0 Å². The number of hydrogen-bond donors (Lipinski definition) is 1. The topological polar surface area (TPSA) is 96.0 Å². The molecule has 0 aliphatic heterocycles. The van der Waals surface area contributed by atoms with Crippen LogP contribution in [0.25, 0.3) is 0 Å². The van der Waals surface area contributed by atoms with Crippen molar-refractivity contribution < 1.29 is 22.7 Å². The van der Waals surface area contributed by atoms with E-state index in [1.807, 2.05) is 0 Å². The Kier molecular flexibility index (Phi) is 9.54. The first-order chi connectivity index (χ1) is 17.7. The molecule has 37 heavy (non-hydrogen) atoms. The average Bonchev–Trinajstić information content (AvgIpc) is 2.91. The zero-order valence-corrected chi connectivity index (χ0v) is 22.5. The van der Waals surface area contributed by atoms with Crippen LogP contribution in [0.5, 0.6) is 5.75 Å². The second kappa shape index (κ2) is 12.6. The van der Waals surface area contributed by atoms with Crippen molar-refractivity contribution in [3.05, 3.63) is 89.4 Å².